The Kier molecular flexibility index (Phi) is 4.71. The molecular formula is C19H17F3N2O2. The number of halogens is 3. The highest BCUT2D eigenvalue weighted by molar-refractivity contribution is 6.05. The fraction of sp³-hybridized carbons (Fsp3) is 0.263. The van der Waals surface area contributed by atoms with Crippen LogP contribution in [0.1, 0.15) is 34.3 Å². The van der Waals surface area contributed by atoms with Crippen molar-refractivity contribution in [2.45, 2.75) is 25.9 Å². The van der Waals surface area contributed by atoms with Crippen molar-refractivity contribution in [3.63, 3.8) is 0 Å². The molecule has 0 atom stereocenters. The monoisotopic (exact) mass is 362 g/mol. The molecule has 0 saturated carbocycles. The summed E-state index contributed by atoms with van der Waals surface area (Å²) in [6.07, 6.45) is -3.25. The number of amides is 2. The molecule has 0 bridgehead atoms. The Morgan fingerprint density at radius 2 is 1.92 bits per heavy atom. The van der Waals surface area contributed by atoms with Crippen LogP contribution in [0.25, 0.3) is 0 Å². The number of benzene rings is 2. The fourth-order valence-corrected chi connectivity index (χ4v) is 2.94. The molecule has 26 heavy (non-hydrogen) atoms. The molecule has 3 rings (SSSR count). The van der Waals surface area contributed by atoms with Gasteiger partial charge in [-0.1, -0.05) is 12.1 Å². The summed E-state index contributed by atoms with van der Waals surface area (Å²) in [5, 5.41) is 2.48. The molecule has 4 nitrogen and oxygen atoms in total. The van der Waals surface area contributed by atoms with Crippen molar-refractivity contribution in [3.8, 4) is 0 Å². The molecule has 1 heterocycles. The molecule has 1 aliphatic heterocycles. The van der Waals surface area contributed by atoms with Crippen LogP contribution in [-0.4, -0.2) is 18.4 Å². The summed E-state index contributed by atoms with van der Waals surface area (Å²) in [6.45, 7) is 1.96. The predicted molar refractivity (Wildman–Crippen MR) is 92.2 cm³/mol. The van der Waals surface area contributed by atoms with E-state index in [2.05, 4.69) is 5.32 Å². The summed E-state index contributed by atoms with van der Waals surface area (Å²) in [5.41, 5.74) is 0.253. The minimum atomic E-state index is -4.49. The van der Waals surface area contributed by atoms with E-state index in [-0.39, 0.29) is 22.7 Å². The van der Waals surface area contributed by atoms with Gasteiger partial charge in [0.15, 0.2) is 0 Å². The third-order valence-corrected chi connectivity index (χ3v) is 4.29. The third-order valence-electron chi connectivity index (χ3n) is 4.29. The summed E-state index contributed by atoms with van der Waals surface area (Å²) >= 11 is 0. The Labute approximate surface area is 148 Å². The maximum atomic E-state index is 13.0. The van der Waals surface area contributed by atoms with Crippen molar-refractivity contribution >= 4 is 23.2 Å². The number of carbonyl (C=O) groups is 2. The van der Waals surface area contributed by atoms with Crippen molar-refractivity contribution in [1.82, 2.24) is 0 Å². The van der Waals surface area contributed by atoms with Crippen LogP contribution in [0.15, 0.2) is 42.5 Å². The highest BCUT2D eigenvalue weighted by Crippen LogP contribution is 2.33. The highest BCUT2D eigenvalue weighted by atomic mass is 19.4. The van der Waals surface area contributed by atoms with Gasteiger partial charge in [0.2, 0.25) is 5.91 Å². The molecule has 0 radical (unpaired) electrons. The zero-order chi connectivity index (χ0) is 18.9. The molecule has 1 fully saturated rings. The van der Waals surface area contributed by atoms with Gasteiger partial charge in [-0.2, -0.15) is 13.2 Å². The number of hydrogen-bond donors (Lipinski definition) is 1. The number of carbonyl (C=O) groups excluding carboxylic acids is 2. The van der Waals surface area contributed by atoms with Gasteiger partial charge in [-0.15, -0.1) is 0 Å². The van der Waals surface area contributed by atoms with Crippen molar-refractivity contribution in [2.24, 2.45) is 0 Å². The fourth-order valence-electron chi connectivity index (χ4n) is 2.94. The van der Waals surface area contributed by atoms with E-state index in [0.717, 1.165) is 12.5 Å². The van der Waals surface area contributed by atoms with Crippen LogP contribution in [0.5, 0.6) is 0 Å². The first kappa shape index (κ1) is 18.0. The topological polar surface area (TPSA) is 49.4 Å². The van der Waals surface area contributed by atoms with Crippen molar-refractivity contribution in [1.29, 1.82) is 0 Å². The minimum Gasteiger partial charge on any atom is -0.322 e. The van der Waals surface area contributed by atoms with Crippen LogP contribution in [0.3, 0.4) is 0 Å². The summed E-state index contributed by atoms with van der Waals surface area (Å²) in [7, 11) is 0. The molecule has 2 aromatic rings. The molecule has 0 unspecified atom stereocenters. The zero-order valence-electron chi connectivity index (χ0n) is 14.1. The van der Waals surface area contributed by atoms with E-state index in [4.69, 9.17) is 0 Å². The second-order valence-electron chi connectivity index (χ2n) is 6.18. The Bertz CT molecular complexity index is 862. The number of nitrogens with zero attached hydrogens (tertiary/aromatic N) is 1. The SMILES string of the molecule is Cc1ccc(NC(=O)c2cccc(N3CCCC3=O)c2)cc1C(F)(F)F. The number of aryl methyl sites for hydroxylation is 1. The highest BCUT2D eigenvalue weighted by Gasteiger charge is 2.32. The molecule has 0 aliphatic carbocycles. The standard InChI is InChI=1S/C19H17F3N2O2/c1-12-7-8-14(11-16(12)19(20,21)22)23-18(26)13-4-2-5-15(10-13)24-9-3-6-17(24)25/h2,4-5,7-8,10-11H,3,6,9H2,1H3,(H,23,26). The number of nitrogens with one attached hydrogen (secondary N) is 1. The van der Waals surface area contributed by atoms with Crippen LogP contribution in [0, 0.1) is 6.92 Å². The second kappa shape index (κ2) is 6.82. The maximum absolute atomic E-state index is 13.0. The summed E-state index contributed by atoms with van der Waals surface area (Å²) in [5.74, 6) is -0.536. The lowest BCUT2D eigenvalue weighted by molar-refractivity contribution is -0.138. The van der Waals surface area contributed by atoms with Gasteiger partial charge in [0.25, 0.3) is 5.91 Å². The lowest BCUT2D eigenvalue weighted by Crippen LogP contribution is -2.24. The van der Waals surface area contributed by atoms with E-state index in [9.17, 15) is 22.8 Å². The van der Waals surface area contributed by atoms with Gasteiger partial charge in [0.1, 0.15) is 0 Å². The minimum absolute atomic E-state index is 0.00379. The maximum Gasteiger partial charge on any atom is 0.416 e. The average molecular weight is 362 g/mol. The molecule has 1 saturated heterocycles. The number of anilines is 2. The Hall–Kier alpha value is -2.83. The van der Waals surface area contributed by atoms with Crippen LogP contribution in [-0.2, 0) is 11.0 Å². The molecule has 1 N–H and O–H groups in total. The van der Waals surface area contributed by atoms with Gasteiger partial charge >= 0.3 is 6.18 Å². The number of hydrogen-bond acceptors (Lipinski definition) is 2. The largest absolute Gasteiger partial charge is 0.416 e. The van der Waals surface area contributed by atoms with Crippen molar-refractivity contribution in [2.75, 3.05) is 16.8 Å². The van der Waals surface area contributed by atoms with Crippen LogP contribution < -0.4 is 10.2 Å². The molecule has 2 amide bonds. The van der Waals surface area contributed by atoms with Gasteiger partial charge in [-0.25, -0.2) is 0 Å². The molecule has 136 valence electrons. The van der Waals surface area contributed by atoms with E-state index in [0.29, 0.717) is 18.7 Å². The van der Waals surface area contributed by atoms with Gasteiger partial charge in [-0.3, -0.25) is 9.59 Å². The van der Waals surface area contributed by atoms with E-state index in [1.54, 1.807) is 29.2 Å². The van der Waals surface area contributed by atoms with E-state index in [1.165, 1.54) is 19.1 Å². The Balaban J connectivity index is 1.82. The lowest BCUT2D eigenvalue weighted by atomic mass is 10.1. The average Bonchev–Trinajstić information content (AvgIpc) is 3.02. The molecule has 0 aromatic heterocycles. The van der Waals surface area contributed by atoms with Gasteiger partial charge in [0, 0.05) is 29.9 Å². The quantitative estimate of drug-likeness (QED) is 0.880. The first-order valence-electron chi connectivity index (χ1n) is 8.15. The lowest BCUT2D eigenvalue weighted by Gasteiger charge is -2.17. The Morgan fingerprint density at radius 1 is 1.15 bits per heavy atom. The predicted octanol–water partition coefficient (Wildman–Crippen LogP) is 4.39. The first-order chi connectivity index (χ1) is 12.3. The molecule has 7 heteroatoms. The number of rotatable bonds is 3. The summed E-state index contributed by atoms with van der Waals surface area (Å²) < 4.78 is 39.0. The van der Waals surface area contributed by atoms with Crippen LogP contribution in [0.4, 0.5) is 24.5 Å². The van der Waals surface area contributed by atoms with Crippen LogP contribution >= 0.6 is 0 Å². The third kappa shape index (κ3) is 3.71. The van der Waals surface area contributed by atoms with E-state index < -0.39 is 17.6 Å². The molecule has 1 aliphatic rings. The zero-order valence-corrected chi connectivity index (χ0v) is 14.1. The number of alkyl halides is 3. The van der Waals surface area contributed by atoms with Crippen molar-refractivity contribution < 1.29 is 22.8 Å². The van der Waals surface area contributed by atoms with E-state index >= 15 is 0 Å². The van der Waals surface area contributed by atoms with Crippen LogP contribution in [0.2, 0.25) is 0 Å². The normalized spacial score (nSPS) is 14.6. The Morgan fingerprint density at radius 3 is 2.58 bits per heavy atom. The molecule has 0 spiro atoms. The van der Waals surface area contributed by atoms with E-state index in [1.807, 2.05) is 0 Å². The summed E-state index contributed by atoms with van der Waals surface area (Å²) in [4.78, 5) is 25.8. The first-order valence-corrected chi connectivity index (χ1v) is 8.15. The smallest absolute Gasteiger partial charge is 0.322 e. The van der Waals surface area contributed by atoms with Gasteiger partial charge in [0.05, 0.1) is 5.56 Å². The van der Waals surface area contributed by atoms with Gasteiger partial charge in [-0.05, 0) is 49.2 Å². The van der Waals surface area contributed by atoms with Crippen molar-refractivity contribution in [3.05, 3.63) is 59.2 Å². The molecule has 2 aromatic carbocycles. The van der Waals surface area contributed by atoms with Gasteiger partial charge < -0.3 is 10.2 Å². The molecular weight excluding hydrogens is 345 g/mol. The summed E-state index contributed by atoms with van der Waals surface area (Å²) in [6, 6.07) is 10.2. The second-order valence-corrected chi connectivity index (χ2v) is 6.18.